The number of aromatic nitrogens is 1. The first-order valence-electron chi connectivity index (χ1n) is 4.94. The third-order valence-corrected chi connectivity index (χ3v) is 2.66. The fraction of sp³-hybridized carbons (Fsp3) is 0.455. The highest BCUT2D eigenvalue weighted by Crippen LogP contribution is 2.13. The number of carboxylic acid groups (broad SMARTS) is 1. The van der Waals surface area contributed by atoms with Gasteiger partial charge in [0.1, 0.15) is 7.05 Å². The molecule has 96 valence electrons. The van der Waals surface area contributed by atoms with E-state index >= 15 is 0 Å². The maximum Gasteiger partial charge on any atom is 0.351 e. The van der Waals surface area contributed by atoms with Crippen LogP contribution in [0.25, 0.3) is 0 Å². The van der Waals surface area contributed by atoms with Gasteiger partial charge in [-0.25, -0.2) is 9.36 Å². The SMILES string of the molecule is Cc1c[n+](C)c(C)cc1CC(N)(O)C(=O)O.[Cl-]. The molecule has 1 rings (SSSR count). The molecule has 6 heteroatoms. The van der Waals surface area contributed by atoms with Gasteiger partial charge in [0.2, 0.25) is 5.72 Å². The Morgan fingerprint density at radius 2 is 2.06 bits per heavy atom. The van der Waals surface area contributed by atoms with Gasteiger partial charge < -0.3 is 22.6 Å². The molecule has 1 unspecified atom stereocenters. The normalized spacial score (nSPS) is 13.7. The monoisotopic (exact) mass is 260 g/mol. The molecule has 0 aliphatic rings. The van der Waals surface area contributed by atoms with E-state index in [0.717, 1.165) is 16.8 Å². The summed E-state index contributed by atoms with van der Waals surface area (Å²) in [5.41, 5.74) is 5.70. The Morgan fingerprint density at radius 3 is 2.53 bits per heavy atom. The van der Waals surface area contributed by atoms with Crippen molar-refractivity contribution < 1.29 is 32.0 Å². The molecule has 17 heavy (non-hydrogen) atoms. The summed E-state index contributed by atoms with van der Waals surface area (Å²) in [4.78, 5) is 10.7. The first-order chi connectivity index (χ1) is 7.24. The minimum atomic E-state index is -2.21. The number of carbonyl (C=O) groups is 1. The van der Waals surface area contributed by atoms with Crippen LogP contribution >= 0.6 is 0 Å². The highest BCUT2D eigenvalue weighted by Gasteiger charge is 2.32. The van der Waals surface area contributed by atoms with Gasteiger partial charge in [0, 0.05) is 25.0 Å². The molecule has 1 heterocycles. The Kier molecular flexibility index (Phi) is 5.07. The third-order valence-electron chi connectivity index (χ3n) is 2.66. The summed E-state index contributed by atoms with van der Waals surface area (Å²) < 4.78 is 1.93. The Labute approximate surface area is 106 Å². The van der Waals surface area contributed by atoms with Crippen molar-refractivity contribution in [2.24, 2.45) is 12.8 Å². The molecule has 0 aliphatic heterocycles. The highest BCUT2D eigenvalue weighted by atomic mass is 35.5. The van der Waals surface area contributed by atoms with E-state index in [1.165, 1.54) is 0 Å². The summed E-state index contributed by atoms with van der Waals surface area (Å²) in [6.07, 6.45) is 1.78. The van der Waals surface area contributed by atoms with Crippen molar-refractivity contribution in [2.75, 3.05) is 0 Å². The van der Waals surface area contributed by atoms with Crippen LogP contribution in [0.2, 0.25) is 0 Å². The number of carboxylic acids is 1. The lowest BCUT2D eigenvalue weighted by Crippen LogP contribution is -3.00. The van der Waals surface area contributed by atoms with Crippen LogP contribution in [0.1, 0.15) is 16.8 Å². The van der Waals surface area contributed by atoms with Gasteiger partial charge >= 0.3 is 5.97 Å². The molecule has 1 atom stereocenters. The molecule has 0 fully saturated rings. The van der Waals surface area contributed by atoms with Gasteiger partial charge in [0.15, 0.2) is 11.9 Å². The molecule has 4 N–H and O–H groups in total. The number of hydrogen-bond acceptors (Lipinski definition) is 3. The lowest BCUT2D eigenvalue weighted by atomic mass is 10.00. The van der Waals surface area contributed by atoms with E-state index in [-0.39, 0.29) is 18.8 Å². The van der Waals surface area contributed by atoms with Crippen LogP contribution in [0.15, 0.2) is 12.3 Å². The van der Waals surface area contributed by atoms with E-state index < -0.39 is 11.7 Å². The van der Waals surface area contributed by atoms with E-state index in [2.05, 4.69) is 0 Å². The fourth-order valence-corrected chi connectivity index (χ4v) is 1.50. The first kappa shape index (κ1) is 15.8. The van der Waals surface area contributed by atoms with Crippen molar-refractivity contribution in [3.8, 4) is 0 Å². The smallest absolute Gasteiger partial charge is 0.351 e. The second-order valence-electron chi connectivity index (χ2n) is 4.14. The predicted octanol–water partition coefficient (Wildman–Crippen LogP) is -3.59. The summed E-state index contributed by atoms with van der Waals surface area (Å²) in [7, 11) is 1.90. The average Bonchev–Trinajstić information content (AvgIpc) is 2.13. The Balaban J connectivity index is 0.00000256. The molecular weight excluding hydrogens is 244 g/mol. The third kappa shape index (κ3) is 3.66. The molecule has 0 saturated heterocycles. The average molecular weight is 261 g/mol. The minimum Gasteiger partial charge on any atom is -1.00 e. The van der Waals surface area contributed by atoms with E-state index in [0.29, 0.717) is 0 Å². The van der Waals surface area contributed by atoms with Gasteiger partial charge in [-0.3, -0.25) is 5.73 Å². The van der Waals surface area contributed by atoms with Gasteiger partial charge in [-0.2, -0.15) is 0 Å². The molecule has 0 aromatic carbocycles. The number of aryl methyl sites for hydroxylation is 3. The van der Waals surface area contributed by atoms with Gasteiger partial charge in [-0.05, 0) is 12.5 Å². The van der Waals surface area contributed by atoms with Crippen LogP contribution in [-0.4, -0.2) is 21.9 Å². The van der Waals surface area contributed by atoms with Crippen LogP contribution in [0.3, 0.4) is 0 Å². The summed E-state index contributed by atoms with van der Waals surface area (Å²) in [6, 6.07) is 1.83. The number of nitrogens with zero attached hydrogens (tertiary/aromatic N) is 1. The molecule has 0 radical (unpaired) electrons. The molecule has 0 saturated carbocycles. The predicted molar refractivity (Wildman–Crippen MR) is 57.6 cm³/mol. The van der Waals surface area contributed by atoms with E-state index in [4.69, 9.17) is 10.8 Å². The topological polar surface area (TPSA) is 87.4 Å². The number of aliphatic hydroxyl groups is 1. The first-order valence-corrected chi connectivity index (χ1v) is 4.94. The van der Waals surface area contributed by atoms with Crippen molar-refractivity contribution in [2.45, 2.75) is 26.0 Å². The molecule has 5 nitrogen and oxygen atoms in total. The van der Waals surface area contributed by atoms with Crippen molar-refractivity contribution in [1.29, 1.82) is 0 Å². The van der Waals surface area contributed by atoms with Crippen molar-refractivity contribution in [3.05, 3.63) is 29.1 Å². The molecular formula is C11H17ClN2O3. The lowest BCUT2D eigenvalue weighted by molar-refractivity contribution is -0.678. The molecule has 1 aromatic rings. The van der Waals surface area contributed by atoms with Crippen molar-refractivity contribution >= 4 is 5.97 Å². The Morgan fingerprint density at radius 1 is 1.53 bits per heavy atom. The molecule has 1 aromatic heterocycles. The van der Waals surface area contributed by atoms with Crippen molar-refractivity contribution in [1.82, 2.24) is 0 Å². The summed E-state index contributed by atoms with van der Waals surface area (Å²) in [5.74, 6) is -1.42. The number of nitrogens with two attached hydrogens (primary N) is 1. The largest absolute Gasteiger partial charge is 1.00 e. The van der Waals surface area contributed by atoms with Crippen LogP contribution in [0.5, 0.6) is 0 Å². The van der Waals surface area contributed by atoms with Crippen molar-refractivity contribution in [3.63, 3.8) is 0 Å². The molecule has 0 aliphatic carbocycles. The van der Waals surface area contributed by atoms with E-state index in [1.54, 1.807) is 0 Å². The van der Waals surface area contributed by atoms with Gasteiger partial charge in [0.25, 0.3) is 0 Å². The minimum absolute atomic E-state index is 0. The standard InChI is InChI=1S/C11H16N2O3.ClH/c1-7-6-13(3)8(2)4-9(7)5-11(12,16)10(14)15;/h4,6,16H,5,12H2,1-3H3;1H. The van der Waals surface area contributed by atoms with Crippen LogP contribution in [0.4, 0.5) is 0 Å². The fourth-order valence-electron chi connectivity index (χ4n) is 1.50. The zero-order valence-corrected chi connectivity index (χ0v) is 10.8. The molecule has 0 bridgehead atoms. The number of halogens is 1. The summed E-state index contributed by atoms with van der Waals surface area (Å²) >= 11 is 0. The number of pyridine rings is 1. The summed E-state index contributed by atoms with van der Waals surface area (Å²) in [6.45, 7) is 3.76. The second kappa shape index (κ2) is 5.44. The zero-order valence-electron chi connectivity index (χ0n) is 10.1. The Bertz CT molecular complexity index is 433. The van der Waals surface area contributed by atoms with Crippen LogP contribution in [-0.2, 0) is 18.3 Å². The zero-order chi connectivity index (χ0) is 12.5. The quantitative estimate of drug-likeness (QED) is 0.387. The maximum absolute atomic E-state index is 10.7. The second-order valence-corrected chi connectivity index (χ2v) is 4.14. The van der Waals surface area contributed by atoms with E-state index in [9.17, 15) is 9.90 Å². The molecule has 0 amide bonds. The number of hydrogen-bond donors (Lipinski definition) is 3. The lowest BCUT2D eigenvalue weighted by Gasteiger charge is -2.18. The maximum atomic E-state index is 10.7. The van der Waals surface area contributed by atoms with Gasteiger partial charge in [0.05, 0.1) is 0 Å². The highest BCUT2D eigenvalue weighted by molar-refractivity contribution is 5.76. The van der Waals surface area contributed by atoms with Crippen LogP contribution in [0, 0.1) is 13.8 Å². The van der Waals surface area contributed by atoms with Gasteiger partial charge in [-0.1, -0.05) is 0 Å². The molecule has 0 spiro atoms. The number of rotatable bonds is 3. The van der Waals surface area contributed by atoms with Crippen LogP contribution < -0.4 is 22.7 Å². The Hall–Kier alpha value is -1.17. The summed E-state index contributed by atoms with van der Waals surface area (Å²) in [5, 5.41) is 18.2. The van der Waals surface area contributed by atoms with Gasteiger partial charge in [-0.15, -0.1) is 0 Å². The number of aliphatic carboxylic acids is 1. The van der Waals surface area contributed by atoms with E-state index in [1.807, 2.05) is 37.7 Å².